The first-order chi connectivity index (χ1) is 16.0. The van der Waals surface area contributed by atoms with E-state index in [1.54, 1.807) is 34.9 Å². The Kier molecular flexibility index (Phi) is 5.74. The van der Waals surface area contributed by atoms with Crippen LogP contribution in [0.4, 0.5) is 0 Å². The molecule has 2 heterocycles. The van der Waals surface area contributed by atoms with Crippen LogP contribution in [0.2, 0.25) is 5.02 Å². The smallest absolute Gasteiger partial charge is 0.263 e. The summed E-state index contributed by atoms with van der Waals surface area (Å²) in [5, 5.41) is 9.91. The Morgan fingerprint density at radius 1 is 1.00 bits per heavy atom. The van der Waals surface area contributed by atoms with Crippen LogP contribution >= 0.6 is 23.4 Å². The number of hydrogen-bond donors (Lipinski definition) is 0. The van der Waals surface area contributed by atoms with Gasteiger partial charge in [-0.15, -0.1) is 10.2 Å². The van der Waals surface area contributed by atoms with E-state index >= 15 is 0 Å². The fraction of sp³-hybridized carbons (Fsp3) is 0.120. The highest BCUT2D eigenvalue weighted by Crippen LogP contribution is 2.27. The monoisotopic (exact) mass is 474 g/mol. The average molecular weight is 475 g/mol. The first-order valence-corrected chi connectivity index (χ1v) is 11.7. The van der Waals surface area contributed by atoms with Crippen molar-refractivity contribution in [2.24, 2.45) is 0 Å². The number of rotatable bonds is 6. The van der Waals surface area contributed by atoms with Crippen LogP contribution in [0.5, 0.6) is 0 Å². The lowest BCUT2D eigenvalue weighted by atomic mass is 10.1. The van der Waals surface area contributed by atoms with Crippen molar-refractivity contribution in [3.05, 3.63) is 105 Å². The van der Waals surface area contributed by atoms with Crippen LogP contribution in [0.15, 0.2) is 88.8 Å². The molecule has 8 heteroatoms. The van der Waals surface area contributed by atoms with Crippen LogP contribution in [-0.4, -0.2) is 30.2 Å². The Morgan fingerprint density at radius 3 is 2.55 bits per heavy atom. The molecule has 0 aliphatic rings. The third-order valence-corrected chi connectivity index (χ3v) is 6.70. The van der Waals surface area contributed by atoms with Crippen LogP contribution in [0, 0.1) is 0 Å². The third-order valence-electron chi connectivity index (χ3n) is 5.42. The Balaban J connectivity index is 1.61. The van der Waals surface area contributed by atoms with E-state index in [0.717, 1.165) is 5.56 Å². The highest BCUT2D eigenvalue weighted by molar-refractivity contribution is 8.00. The highest BCUT2D eigenvalue weighted by atomic mass is 35.5. The molecule has 0 N–H and O–H groups in total. The van der Waals surface area contributed by atoms with E-state index in [4.69, 9.17) is 11.6 Å². The molecule has 3 aromatic carbocycles. The maximum absolute atomic E-state index is 13.3. The number of aromatic nitrogens is 4. The lowest BCUT2D eigenvalue weighted by Crippen LogP contribution is -2.24. The molecule has 0 aliphatic heterocycles. The number of Topliss-reactive ketones (excluding diaryl/α,β-unsaturated/α-hetero) is 1. The van der Waals surface area contributed by atoms with Gasteiger partial charge in [0.15, 0.2) is 10.9 Å². The van der Waals surface area contributed by atoms with Crippen molar-refractivity contribution in [1.82, 2.24) is 19.2 Å². The van der Waals surface area contributed by atoms with E-state index in [9.17, 15) is 9.59 Å². The number of halogens is 1. The number of fused-ring (bicyclic) bond motifs is 3. The number of para-hydroxylation sites is 1. The van der Waals surface area contributed by atoms with E-state index < -0.39 is 5.25 Å². The zero-order chi connectivity index (χ0) is 22.9. The number of ketones is 1. The predicted molar refractivity (Wildman–Crippen MR) is 131 cm³/mol. The van der Waals surface area contributed by atoms with Gasteiger partial charge in [-0.1, -0.05) is 78.0 Å². The van der Waals surface area contributed by atoms with Crippen LogP contribution < -0.4 is 5.56 Å². The minimum Gasteiger partial charge on any atom is -0.293 e. The molecule has 0 radical (unpaired) electrons. The molecule has 0 aliphatic carbocycles. The summed E-state index contributed by atoms with van der Waals surface area (Å²) in [5.41, 5.74) is 2.10. The fourth-order valence-electron chi connectivity index (χ4n) is 3.81. The summed E-state index contributed by atoms with van der Waals surface area (Å²) >= 11 is 7.37. The first-order valence-electron chi connectivity index (χ1n) is 10.4. The van der Waals surface area contributed by atoms with Crippen molar-refractivity contribution in [2.75, 3.05) is 0 Å². The van der Waals surface area contributed by atoms with Gasteiger partial charge in [-0.2, -0.15) is 0 Å². The Bertz CT molecular complexity index is 1550. The van der Waals surface area contributed by atoms with E-state index in [0.29, 0.717) is 39.0 Å². The molecule has 0 bridgehead atoms. The van der Waals surface area contributed by atoms with Gasteiger partial charge in [0.25, 0.3) is 5.56 Å². The topological polar surface area (TPSA) is 69.3 Å². The minimum absolute atomic E-state index is 0.0545. The van der Waals surface area contributed by atoms with Gasteiger partial charge in [0.1, 0.15) is 0 Å². The molecule has 1 atom stereocenters. The van der Waals surface area contributed by atoms with Crippen molar-refractivity contribution >= 4 is 45.8 Å². The minimum atomic E-state index is -0.427. The van der Waals surface area contributed by atoms with Gasteiger partial charge in [-0.25, -0.2) is 0 Å². The Hall–Kier alpha value is -3.42. The Morgan fingerprint density at radius 2 is 1.76 bits per heavy atom. The SMILES string of the molecule is CC(Sc1nnc2n(Cc3ccccc3)c(=O)c3ccccc3n12)C(=O)c1cccc(Cl)c1. The zero-order valence-corrected chi connectivity index (χ0v) is 19.3. The van der Waals surface area contributed by atoms with Crippen LogP contribution in [0.1, 0.15) is 22.8 Å². The molecular formula is C25H19ClN4O2S. The molecule has 33 heavy (non-hydrogen) atoms. The lowest BCUT2D eigenvalue weighted by molar-refractivity contribution is 0.0994. The van der Waals surface area contributed by atoms with Gasteiger partial charge in [-0.05, 0) is 36.8 Å². The molecule has 164 valence electrons. The summed E-state index contributed by atoms with van der Waals surface area (Å²) in [5.74, 6) is 0.383. The zero-order valence-electron chi connectivity index (χ0n) is 17.7. The lowest BCUT2D eigenvalue weighted by Gasteiger charge is -2.13. The number of nitrogens with zero attached hydrogens (tertiary/aromatic N) is 4. The van der Waals surface area contributed by atoms with E-state index in [2.05, 4.69) is 10.2 Å². The number of thioether (sulfide) groups is 1. The van der Waals surface area contributed by atoms with E-state index in [1.807, 2.05) is 59.9 Å². The van der Waals surface area contributed by atoms with Crippen molar-refractivity contribution in [3.8, 4) is 0 Å². The number of carbonyl (C=O) groups excluding carboxylic acids is 1. The standard InChI is InChI=1S/C25H19ClN4O2S/c1-16(22(31)18-10-7-11-19(26)14-18)33-25-28-27-24-29(15-17-8-3-2-4-9-17)23(32)20-12-5-6-13-21(20)30(24)25/h2-14,16H,15H2,1H3. The summed E-state index contributed by atoms with van der Waals surface area (Å²) in [7, 11) is 0. The van der Waals surface area contributed by atoms with Crippen molar-refractivity contribution in [1.29, 1.82) is 0 Å². The molecule has 0 saturated carbocycles. The second-order valence-electron chi connectivity index (χ2n) is 7.65. The molecule has 0 fully saturated rings. The second-order valence-corrected chi connectivity index (χ2v) is 9.39. The van der Waals surface area contributed by atoms with Gasteiger partial charge in [0.05, 0.1) is 22.7 Å². The average Bonchev–Trinajstić information content (AvgIpc) is 3.25. The van der Waals surface area contributed by atoms with Crippen molar-refractivity contribution in [2.45, 2.75) is 23.9 Å². The molecule has 6 nitrogen and oxygen atoms in total. The van der Waals surface area contributed by atoms with E-state index in [1.165, 1.54) is 11.8 Å². The summed E-state index contributed by atoms with van der Waals surface area (Å²) in [4.78, 5) is 26.3. The molecule has 5 rings (SSSR count). The molecule has 5 aromatic rings. The molecule has 0 saturated heterocycles. The number of hydrogen-bond acceptors (Lipinski definition) is 5. The molecule has 2 aromatic heterocycles. The molecule has 0 spiro atoms. The van der Waals surface area contributed by atoms with Crippen LogP contribution in [0.25, 0.3) is 16.7 Å². The number of carbonyl (C=O) groups is 1. The summed E-state index contributed by atoms with van der Waals surface area (Å²) < 4.78 is 3.48. The number of benzene rings is 3. The summed E-state index contributed by atoms with van der Waals surface area (Å²) in [6.45, 7) is 2.20. The van der Waals surface area contributed by atoms with Crippen molar-refractivity contribution in [3.63, 3.8) is 0 Å². The van der Waals surface area contributed by atoms with Gasteiger partial charge in [0, 0.05) is 10.6 Å². The second kappa shape index (κ2) is 8.84. The van der Waals surface area contributed by atoms with Crippen LogP contribution in [0.3, 0.4) is 0 Å². The van der Waals surface area contributed by atoms with Gasteiger partial charge in [0.2, 0.25) is 5.78 Å². The van der Waals surface area contributed by atoms with Crippen LogP contribution in [-0.2, 0) is 6.54 Å². The van der Waals surface area contributed by atoms with Crippen molar-refractivity contribution < 1.29 is 4.79 Å². The summed E-state index contributed by atoms with van der Waals surface area (Å²) in [6, 6.07) is 24.0. The fourth-order valence-corrected chi connectivity index (χ4v) is 4.93. The predicted octanol–water partition coefficient (Wildman–Crippen LogP) is 5.11. The summed E-state index contributed by atoms with van der Waals surface area (Å²) in [6.07, 6.45) is 0. The van der Waals surface area contributed by atoms with E-state index in [-0.39, 0.29) is 11.3 Å². The molecular weight excluding hydrogens is 456 g/mol. The van der Waals surface area contributed by atoms with Gasteiger partial charge in [-0.3, -0.25) is 18.6 Å². The normalized spacial score (nSPS) is 12.3. The first kappa shape index (κ1) is 21.4. The Labute approximate surface area is 198 Å². The maximum atomic E-state index is 13.3. The largest absolute Gasteiger partial charge is 0.293 e. The van der Waals surface area contributed by atoms with Gasteiger partial charge >= 0.3 is 0 Å². The van der Waals surface area contributed by atoms with Gasteiger partial charge < -0.3 is 0 Å². The molecule has 0 amide bonds. The third kappa shape index (κ3) is 4.05. The maximum Gasteiger partial charge on any atom is 0.263 e. The quantitative estimate of drug-likeness (QED) is 0.252. The molecule has 1 unspecified atom stereocenters. The highest BCUT2D eigenvalue weighted by Gasteiger charge is 2.22.